The smallest absolute Gasteiger partial charge is 0.207 e. The Balaban J connectivity index is 2.61. The Morgan fingerprint density at radius 2 is 1.61 bits per heavy atom. The summed E-state index contributed by atoms with van der Waals surface area (Å²) in [5.41, 5.74) is -0.133. The number of rotatable bonds is 1. The zero-order chi connectivity index (χ0) is 13.3. The van der Waals surface area contributed by atoms with Crippen molar-refractivity contribution in [3.63, 3.8) is 0 Å². The van der Waals surface area contributed by atoms with Crippen molar-refractivity contribution in [1.29, 1.82) is 0 Å². The van der Waals surface area contributed by atoms with E-state index >= 15 is 0 Å². The fourth-order valence-corrected chi connectivity index (χ4v) is 1.74. The highest BCUT2D eigenvalue weighted by Crippen LogP contribution is 2.37. The molecule has 18 heavy (non-hydrogen) atoms. The van der Waals surface area contributed by atoms with Crippen molar-refractivity contribution in [2.45, 2.75) is 13.1 Å². The lowest BCUT2D eigenvalue weighted by Gasteiger charge is -2.13. The topological polar surface area (TPSA) is 0 Å². The molecule has 0 N–H and O–H groups in total. The zero-order valence-electron chi connectivity index (χ0n) is 9.55. The van der Waals surface area contributed by atoms with Crippen LogP contribution < -0.4 is 0 Å². The van der Waals surface area contributed by atoms with Crippen LogP contribution in [0, 0.1) is 12.7 Å². The van der Waals surface area contributed by atoms with Gasteiger partial charge in [-0.05, 0) is 35.7 Å². The maximum absolute atomic E-state index is 13.4. The van der Waals surface area contributed by atoms with Crippen molar-refractivity contribution >= 4 is 0 Å². The van der Waals surface area contributed by atoms with E-state index in [0.29, 0.717) is 5.56 Å². The minimum atomic E-state index is -4.45. The van der Waals surface area contributed by atoms with Crippen LogP contribution in [0.2, 0.25) is 0 Å². The maximum Gasteiger partial charge on any atom is 0.417 e. The normalized spacial score (nSPS) is 11.6. The summed E-state index contributed by atoms with van der Waals surface area (Å²) >= 11 is 0. The second kappa shape index (κ2) is 4.44. The Labute approximate surface area is 102 Å². The molecule has 0 atom stereocenters. The van der Waals surface area contributed by atoms with Crippen LogP contribution in [0.15, 0.2) is 42.5 Å². The summed E-state index contributed by atoms with van der Waals surface area (Å²) in [6.45, 7) is 1.56. The molecule has 94 valence electrons. The Morgan fingerprint density at radius 1 is 0.944 bits per heavy atom. The van der Waals surface area contributed by atoms with E-state index in [1.807, 2.05) is 0 Å². The fraction of sp³-hybridized carbons (Fsp3) is 0.143. The molecule has 0 heterocycles. The van der Waals surface area contributed by atoms with Gasteiger partial charge in [0.2, 0.25) is 0 Å². The largest absolute Gasteiger partial charge is 0.417 e. The second-order valence-electron chi connectivity index (χ2n) is 4.01. The third-order valence-electron chi connectivity index (χ3n) is 2.72. The average molecular weight is 254 g/mol. The van der Waals surface area contributed by atoms with Crippen LogP contribution in [0.1, 0.15) is 11.1 Å². The Hall–Kier alpha value is -1.84. The van der Waals surface area contributed by atoms with E-state index in [4.69, 9.17) is 0 Å². The van der Waals surface area contributed by atoms with Crippen LogP contribution in [0.5, 0.6) is 0 Å². The molecule has 0 aromatic heterocycles. The molecular formula is C14H10F4. The van der Waals surface area contributed by atoms with Gasteiger partial charge >= 0.3 is 6.18 Å². The van der Waals surface area contributed by atoms with E-state index in [2.05, 4.69) is 0 Å². The van der Waals surface area contributed by atoms with Crippen molar-refractivity contribution in [2.24, 2.45) is 0 Å². The molecule has 0 aliphatic rings. The first kappa shape index (κ1) is 12.6. The van der Waals surface area contributed by atoms with Crippen LogP contribution in [-0.2, 0) is 6.18 Å². The van der Waals surface area contributed by atoms with Gasteiger partial charge in [-0.25, -0.2) is 4.39 Å². The van der Waals surface area contributed by atoms with Crippen LogP contribution in [-0.4, -0.2) is 0 Å². The fourth-order valence-electron chi connectivity index (χ4n) is 1.74. The summed E-state index contributed by atoms with van der Waals surface area (Å²) in [6, 6.07) is 9.24. The quantitative estimate of drug-likeness (QED) is 0.640. The number of hydrogen-bond acceptors (Lipinski definition) is 0. The highest BCUT2D eigenvalue weighted by Gasteiger charge is 2.33. The summed E-state index contributed by atoms with van der Waals surface area (Å²) < 4.78 is 51.9. The number of benzene rings is 2. The van der Waals surface area contributed by atoms with Crippen LogP contribution in [0.3, 0.4) is 0 Å². The van der Waals surface area contributed by atoms with Crippen molar-refractivity contribution in [3.8, 4) is 11.1 Å². The number of alkyl halides is 3. The molecule has 0 spiro atoms. The molecule has 2 aromatic rings. The highest BCUT2D eigenvalue weighted by atomic mass is 19.4. The van der Waals surface area contributed by atoms with Gasteiger partial charge < -0.3 is 0 Å². The molecule has 0 radical (unpaired) electrons. The number of hydrogen-bond donors (Lipinski definition) is 0. The lowest BCUT2D eigenvalue weighted by Crippen LogP contribution is -2.06. The first-order valence-corrected chi connectivity index (χ1v) is 5.32. The van der Waals surface area contributed by atoms with Crippen LogP contribution in [0.25, 0.3) is 11.1 Å². The minimum absolute atomic E-state index is 0.0103. The van der Waals surface area contributed by atoms with Crippen LogP contribution in [0.4, 0.5) is 17.6 Å². The molecule has 0 saturated carbocycles. The first-order chi connectivity index (χ1) is 8.39. The van der Waals surface area contributed by atoms with E-state index in [1.165, 1.54) is 30.3 Å². The first-order valence-electron chi connectivity index (χ1n) is 5.32. The van der Waals surface area contributed by atoms with Gasteiger partial charge in [0.15, 0.2) is 0 Å². The second-order valence-corrected chi connectivity index (χ2v) is 4.01. The van der Waals surface area contributed by atoms with Crippen molar-refractivity contribution in [1.82, 2.24) is 0 Å². The van der Waals surface area contributed by atoms with Gasteiger partial charge in [0, 0.05) is 0 Å². The van der Waals surface area contributed by atoms with Crippen molar-refractivity contribution in [2.75, 3.05) is 0 Å². The Bertz CT molecular complexity index is 570. The highest BCUT2D eigenvalue weighted by molar-refractivity contribution is 5.68. The van der Waals surface area contributed by atoms with E-state index in [9.17, 15) is 17.6 Å². The van der Waals surface area contributed by atoms with Gasteiger partial charge in [-0.15, -0.1) is 0 Å². The predicted molar refractivity (Wildman–Crippen MR) is 61.6 cm³/mol. The standard InChI is InChI=1S/C14H10F4/c1-9-6-7-10(8-13(9)15)11-4-2-3-5-12(11)14(16,17)18/h2-8H,1H3. The summed E-state index contributed by atoms with van der Waals surface area (Å²) in [4.78, 5) is 0. The van der Waals surface area contributed by atoms with E-state index in [1.54, 1.807) is 6.92 Å². The number of aryl methyl sites for hydroxylation is 1. The summed E-state index contributed by atoms with van der Waals surface area (Å²) in [5, 5.41) is 0. The van der Waals surface area contributed by atoms with Gasteiger partial charge in [-0.1, -0.05) is 30.3 Å². The lowest BCUT2D eigenvalue weighted by molar-refractivity contribution is -0.137. The molecule has 0 unspecified atom stereocenters. The van der Waals surface area contributed by atoms with Crippen molar-refractivity contribution < 1.29 is 17.6 Å². The predicted octanol–water partition coefficient (Wildman–Crippen LogP) is 4.82. The molecular weight excluding hydrogens is 244 g/mol. The van der Waals surface area contributed by atoms with Gasteiger partial charge in [-0.2, -0.15) is 13.2 Å². The third kappa shape index (κ3) is 2.37. The molecule has 0 bridgehead atoms. The van der Waals surface area contributed by atoms with Crippen LogP contribution >= 0.6 is 0 Å². The molecule has 0 nitrogen and oxygen atoms in total. The van der Waals surface area contributed by atoms with Gasteiger partial charge in [0.05, 0.1) is 5.56 Å². The minimum Gasteiger partial charge on any atom is -0.207 e. The Kier molecular flexibility index (Phi) is 3.11. The molecule has 0 fully saturated rings. The molecule has 0 saturated heterocycles. The molecule has 0 aliphatic carbocycles. The maximum atomic E-state index is 13.4. The Morgan fingerprint density at radius 3 is 2.22 bits per heavy atom. The molecule has 4 heteroatoms. The van der Waals surface area contributed by atoms with Gasteiger partial charge in [0.1, 0.15) is 5.82 Å². The average Bonchev–Trinajstić information content (AvgIpc) is 2.32. The SMILES string of the molecule is Cc1ccc(-c2ccccc2C(F)(F)F)cc1F. The summed E-state index contributed by atoms with van der Waals surface area (Å²) in [5.74, 6) is -0.510. The lowest BCUT2D eigenvalue weighted by atomic mass is 9.98. The summed E-state index contributed by atoms with van der Waals surface area (Å²) in [7, 11) is 0. The summed E-state index contributed by atoms with van der Waals surface area (Å²) in [6.07, 6.45) is -4.45. The van der Waals surface area contributed by atoms with Crippen molar-refractivity contribution in [3.05, 3.63) is 59.4 Å². The monoisotopic (exact) mass is 254 g/mol. The van der Waals surface area contributed by atoms with E-state index < -0.39 is 17.6 Å². The van der Waals surface area contributed by atoms with Gasteiger partial charge in [0.25, 0.3) is 0 Å². The molecule has 2 rings (SSSR count). The molecule has 2 aromatic carbocycles. The molecule has 0 amide bonds. The van der Waals surface area contributed by atoms with E-state index in [0.717, 1.165) is 12.1 Å². The molecule has 0 aliphatic heterocycles. The number of halogens is 4. The van der Waals surface area contributed by atoms with Gasteiger partial charge in [-0.3, -0.25) is 0 Å². The zero-order valence-corrected chi connectivity index (χ0v) is 9.55. The third-order valence-corrected chi connectivity index (χ3v) is 2.72. The van der Waals surface area contributed by atoms with E-state index in [-0.39, 0.29) is 11.1 Å².